The Kier molecular flexibility index (Phi) is 4.55. The lowest BCUT2D eigenvalue weighted by Gasteiger charge is -2.11. The summed E-state index contributed by atoms with van der Waals surface area (Å²) in [5.74, 6) is 0.282. The fraction of sp³-hybridized carbons (Fsp3) is 0.111. The summed E-state index contributed by atoms with van der Waals surface area (Å²) in [5, 5.41) is 9.69. The number of thiophene rings is 1. The van der Waals surface area contributed by atoms with Crippen LogP contribution in [0.4, 0.5) is 13.2 Å². The van der Waals surface area contributed by atoms with E-state index in [0.29, 0.717) is 16.1 Å². The van der Waals surface area contributed by atoms with E-state index >= 15 is 0 Å². The molecule has 0 saturated heterocycles. The van der Waals surface area contributed by atoms with Crippen molar-refractivity contribution < 1.29 is 17.7 Å². The van der Waals surface area contributed by atoms with Gasteiger partial charge in [0.2, 0.25) is 11.7 Å². The van der Waals surface area contributed by atoms with Crippen LogP contribution in [0.3, 0.4) is 0 Å². The smallest absolute Gasteiger partial charge is 0.337 e. The van der Waals surface area contributed by atoms with Crippen LogP contribution in [-0.2, 0) is 12.7 Å². The lowest BCUT2D eigenvalue weighted by Crippen LogP contribution is -2.31. The van der Waals surface area contributed by atoms with Crippen LogP contribution in [0.25, 0.3) is 22.0 Å². The van der Waals surface area contributed by atoms with E-state index in [0.717, 1.165) is 10.9 Å². The highest BCUT2D eigenvalue weighted by atomic mass is 32.1. The van der Waals surface area contributed by atoms with Crippen LogP contribution in [-0.4, -0.2) is 19.9 Å². The molecular weight excluding hydrogens is 393 g/mol. The Morgan fingerprint density at radius 3 is 2.57 bits per heavy atom. The third-order valence-corrected chi connectivity index (χ3v) is 4.71. The van der Waals surface area contributed by atoms with E-state index < -0.39 is 17.3 Å². The van der Waals surface area contributed by atoms with Crippen molar-refractivity contribution in [3.8, 4) is 22.0 Å². The van der Waals surface area contributed by atoms with Crippen molar-refractivity contribution in [3.63, 3.8) is 0 Å². The van der Waals surface area contributed by atoms with Gasteiger partial charge in [0, 0.05) is 5.56 Å². The predicted molar refractivity (Wildman–Crippen MR) is 95.6 cm³/mol. The summed E-state index contributed by atoms with van der Waals surface area (Å²) in [6, 6.07) is 12.6. The normalized spacial score (nSPS) is 11.7. The second-order valence-corrected chi connectivity index (χ2v) is 6.71. The highest BCUT2D eigenvalue weighted by Gasteiger charge is 2.35. The van der Waals surface area contributed by atoms with Crippen LogP contribution >= 0.6 is 11.3 Å². The van der Waals surface area contributed by atoms with Gasteiger partial charge in [-0.1, -0.05) is 41.6 Å². The number of alkyl halides is 3. The van der Waals surface area contributed by atoms with E-state index in [9.17, 15) is 18.0 Å². The molecule has 0 N–H and O–H groups in total. The molecule has 4 aromatic rings. The lowest BCUT2D eigenvalue weighted by atomic mass is 10.1. The van der Waals surface area contributed by atoms with E-state index in [1.54, 1.807) is 42.5 Å². The monoisotopic (exact) mass is 404 g/mol. The van der Waals surface area contributed by atoms with E-state index in [1.165, 1.54) is 11.3 Å². The average molecular weight is 404 g/mol. The van der Waals surface area contributed by atoms with E-state index in [-0.39, 0.29) is 18.1 Å². The maximum atomic E-state index is 13.4. The fourth-order valence-corrected chi connectivity index (χ4v) is 3.20. The number of halogens is 3. The van der Waals surface area contributed by atoms with E-state index in [2.05, 4.69) is 15.2 Å². The number of nitrogens with zero attached hydrogens (tertiary/aromatic N) is 4. The number of rotatable bonds is 4. The molecule has 4 rings (SSSR count). The van der Waals surface area contributed by atoms with Crippen LogP contribution in [0.5, 0.6) is 0 Å². The van der Waals surface area contributed by atoms with Gasteiger partial charge in [-0.3, -0.25) is 4.79 Å². The van der Waals surface area contributed by atoms with Gasteiger partial charge in [-0.15, -0.1) is 11.3 Å². The molecule has 0 aliphatic carbocycles. The molecule has 0 saturated carbocycles. The Labute approximate surface area is 159 Å². The molecule has 0 spiro atoms. The number of hydrogen-bond donors (Lipinski definition) is 0. The maximum Gasteiger partial charge on any atom is 0.421 e. The molecule has 0 atom stereocenters. The van der Waals surface area contributed by atoms with Crippen molar-refractivity contribution in [1.82, 2.24) is 19.9 Å². The minimum atomic E-state index is -4.82. The predicted octanol–water partition coefficient (Wildman–Crippen LogP) is 4.09. The van der Waals surface area contributed by atoms with Gasteiger partial charge in [0.05, 0.1) is 10.6 Å². The summed E-state index contributed by atoms with van der Waals surface area (Å²) in [4.78, 5) is 17.2. The fourth-order valence-electron chi connectivity index (χ4n) is 2.56. The molecule has 0 radical (unpaired) electrons. The first-order chi connectivity index (χ1) is 13.4. The Balaban J connectivity index is 1.77. The molecule has 0 bridgehead atoms. The zero-order valence-electron chi connectivity index (χ0n) is 14.1. The summed E-state index contributed by atoms with van der Waals surface area (Å²) in [5.41, 5.74) is -2.11. The van der Waals surface area contributed by atoms with Crippen molar-refractivity contribution in [2.24, 2.45) is 0 Å². The van der Waals surface area contributed by atoms with Gasteiger partial charge in [0.1, 0.15) is 12.1 Å². The van der Waals surface area contributed by atoms with Gasteiger partial charge in [-0.05, 0) is 17.5 Å². The van der Waals surface area contributed by atoms with Crippen LogP contribution < -0.4 is 5.56 Å². The Morgan fingerprint density at radius 2 is 1.89 bits per heavy atom. The summed E-state index contributed by atoms with van der Waals surface area (Å²) in [6.07, 6.45) is -4.82. The zero-order valence-corrected chi connectivity index (χ0v) is 14.9. The maximum absolute atomic E-state index is 13.4. The van der Waals surface area contributed by atoms with Crippen molar-refractivity contribution >= 4 is 11.3 Å². The van der Waals surface area contributed by atoms with Crippen molar-refractivity contribution in [2.75, 3.05) is 0 Å². The molecule has 10 heteroatoms. The van der Waals surface area contributed by atoms with Gasteiger partial charge in [-0.25, -0.2) is 4.68 Å². The molecule has 142 valence electrons. The zero-order chi connectivity index (χ0) is 19.7. The SMILES string of the molecule is O=c1c(C(F)(F)F)cc(-c2ccccc2)nn1Cc1nc(-c2cccs2)no1. The van der Waals surface area contributed by atoms with Gasteiger partial charge < -0.3 is 4.52 Å². The van der Waals surface area contributed by atoms with Gasteiger partial charge in [-0.2, -0.15) is 23.3 Å². The molecule has 0 amide bonds. The van der Waals surface area contributed by atoms with E-state index in [1.807, 2.05) is 5.38 Å². The Morgan fingerprint density at radius 1 is 1.11 bits per heavy atom. The summed E-state index contributed by atoms with van der Waals surface area (Å²) >= 11 is 1.39. The minimum absolute atomic E-state index is 0.0173. The molecule has 0 fully saturated rings. The first-order valence-electron chi connectivity index (χ1n) is 8.03. The lowest BCUT2D eigenvalue weighted by molar-refractivity contribution is -0.139. The Hall–Kier alpha value is -3.27. The van der Waals surface area contributed by atoms with Crippen LogP contribution in [0.1, 0.15) is 11.5 Å². The van der Waals surface area contributed by atoms with Crippen molar-refractivity contribution in [1.29, 1.82) is 0 Å². The van der Waals surface area contributed by atoms with Crippen LogP contribution in [0.15, 0.2) is 63.2 Å². The third-order valence-electron chi connectivity index (χ3n) is 3.84. The second kappa shape index (κ2) is 7.04. The van der Waals surface area contributed by atoms with Gasteiger partial charge in [0.25, 0.3) is 5.56 Å². The standard InChI is InChI=1S/C18H11F3N4O2S/c19-18(20,21)12-9-13(11-5-2-1-3-6-11)23-25(17(12)26)10-15-22-16(24-27-15)14-7-4-8-28-14/h1-9H,10H2. The topological polar surface area (TPSA) is 73.8 Å². The largest absolute Gasteiger partial charge is 0.421 e. The van der Waals surface area contributed by atoms with Crippen LogP contribution in [0, 0.1) is 0 Å². The molecular formula is C18H11F3N4O2S. The van der Waals surface area contributed by atoms with Crippen molar-refractivity contribution in [2.45, 2.75) is 12.7 Å². The van der Waals surface area contributed by atoms with Crippen molar-refractivity contribution in [3.05, 3.63) is 75.7 Å². The van der Waals surface area contributed by atoms with Crippen LogP contribution in [0.2, 0.25) is 0 Å². The molecule has 0 aliphatic heterocycles. The third kappa shape index (κ3) is 3.58. The van der Waals surface area contributed by atoms with Gasteiger partial charge in [0.15, 0.2) is 0 Å². The molecule has 6 nitrogen and oxygen atoms in total. The summed E-state index contributed by atoms with van der Waals surface area (Å²) in [6.45, 7) is -0.374. The molecule has 0 unspecified atom stereocenters. The molecule has 28 heavy (non-hydrogen) atoms. The second-order valence-electron chi connectivity index (χ2n) is 5.76. The van der Waals surface area contributed by atoms with E-state index in [4.69, 9.17) is 4.52 Å². The molecule has 0 aliphatic rings. The number of benzene rings is 1. The quantitative estimate of drug-likeness (QED) is 0.512. The molecule has 1 aromatic carbocycles. The minimum Gasteiger partial charge on any atom is -0.337 e. The Bertz CT molecular complexity index is 1150. The summed E-state index contributed by atoms with van der Waals surface area (Å²) < 4.78 is 45.9. The molecule has 3 aromatic heterocycles. The highest BCUT2D eigenvalue weighted by Crippen LogP contribution is 2.29. The van der Waals surface area contributed by atoms with Gasteiger partial charge >= 0.3 is 6.18 Å². The first-order valence-corrected chi connectivity index (χ1v) is 8.91. The molecule has 3 heterocycles. The number of aromatic nitrogens is 4. The average Bonchev–Trinajstić information content (AvgIpc) is 3.35. The number of hydrogen-bond acceptors (Lipinski definition) is 6. The first kappa shape index (κ1) is 18.1. The highest BCUT2D eigenvalue weighted by molar-refractivity contribution is 7.13. The summed E-state index contributed by atoms with van der Waals surface area (Å²) in [7, 11) is 0.